The van der Waals surface area contributed by atoms with Crippen molar-refractivity contribution >= 4 is 29.9 Å². The minimum absolute atomic E-state index is 0. The SMILES string of the molecule is CN=C(NCC(C)(C)N1CCCCC1)N1CCC2(CCC2)C1.I. The number of nitrogens with zero attached hydrogens (tertiary/aromatic N) is 3. The second kappa shape index (κ2) is 7.89. The van der Waals surface area contributed by atoms with Gasteiger partial charge in [-0.1, -0.05) is 12.8 Å². The van der Waals surface area contributed by atoms with Crippen molar-refractivity contribution in [2.45, 2.75) is 64.3 Å². The van der Waals surface area contributed by atoms with Gasteiger partial charge in [0.2, 0.25) is 0 Å². The molecule has 134 valence electrons. The van der Waals surface area contributed by atoms with Gasteiger partial charge in [-0.15, -0.1) is 24.0 Å². The molecule has 2 saturated heterocycles. The molecule has 1 saturated carbocycles. The molecule has 0 aromatic rings. The summed E-state index contributed by atoms with van der Waals surface area (Å²) < 4.78 is 0. The van der Waals surface area contributed by atoms with Gasteiger partial charge >= 0.3 is 0 Å². The maximum absolute atomic E-state index is 4.56. The van der Waals surface area contributed by atoms with E-state index in [1.807, 2.05) is 7.05 Å². The first-order chi connectivity index (χ1) is 10.5. The quantitative estimate of drug-likeness (QED) is 0.420. The topological polar surface area (TPSA) is 30.9 Å². The van der Waals surface area contributed by atoms with Gasteiger partial charge in [-0.2, -0.15) is 0 Å². The molecule has 0 unspecified atom stereocenters. The predicted octanol–water partition coefficient (Wildman–Crippen LogP) is 3.32. The van der Waals surface area contributed by atoms with Crippen LogP contribution >= 0.6 is 24.0 Å². The van der Waals surface area contributed by atoms with E-state index < -0.39 is 0 Å². The van der Waals surface area contributed by atoms with Gasteiger partial charge in [-0.25, -0.2) is 0 Å². The minimum atomic E-state index is 0. The summed E-state index contributed by atoms with van der Waals surface area (Å²) in [6.45, 7) is 10.6. The number of nitrogens with one attached hydrogen (secondary N) is 1. The van der Waals surface area contributed by atoms with Crippen molar-refractivity contribution in [1.29, 1.82) is 0 Å². The summed E-state index contributed by atoms with van der Waals surface area (Å²) in [5.41, 5.74) is 0.851. The average Bonchev–Trinajstić information content (AvgIpc) is 2.94. The van der Waals surface area contributed by atoms with Crippen LogP contribution in [0.25, 0.3) is 0 Å². The summed E-state index contributed by atoms with van der Waals surface area (Å²) in [6, 6.07) is 0. The van der Waals surface area contributed by atoms with Gasteiger partial charge in [0.15, 0.2) is 5.96 Å². The van der Waals surface area contributed by atoms with Crippen LogP contribution in [0.15, 0.2) is 4.99 Å². The third-order valence-corrected chi connectivity index (χ3v) is 6.26. The van der Waals surface area contributed by atoms with Gasteiger partial charge in [-0.3, -0.25) is 9.89 Å². The Hall–Kier alpha value is -0.0400. The summed E-state index contributed by atoms with van der Waals surface area (Å²) in [6.07, 6.45) is 9.77. The molecule has 4 nitrogen and oxygen atoms in total. The molecule has 1 N–H and O–H groups in total. The summed E-state index contributed by atoms with van der Waals surface area (Å²) in [5, 5.41) is 3.67. The fourth-order valence-corrected chi connectivity index (χ4v) is 4.44. The molecule has 0 bridgehead atoms. The number of likely N-dealkylation sites (tertiary alicyclic amines) is 2. The molecule has 1 aliphatic carbocycles. The number of piperidine rings is 1. The Balaban J connectivity index is 0.00000192. The molecular formula is C18H35IN4. The zero-order valence-corrected chi connectivity index (χ0v) is 17.6. The van der Waals surface area contributed by atoms with E-state index >= 15 is 0 Å². The molecule has 0 amide bonds. The summed E-state index contributed by atoms with van der Waals surface area (Å²) >= 11 is 0. The Morgan fingerprint density at radius 3 is 2.26 bits per heavy atom. The third-order valence-electron chi connectivity index (χ3n) is 6.26. The van der Waals surface area contributed by atoms with Crippen molar-refractivity contribution in [3.8, 4) is 0 Å². The van der Waals surface area contributed by atoms with Gasteiger partial charge < -0.3 is 10.2 Å². The van der Waals surface area contributed by atoms with Gasteiger partial charge in [-0.05, 0) is 64.5 Å². The number of guanidine groups is 1. The van der Waals surface area contributed by atoms with E-state index in [9.17, 15) is 0 Å². The van der Waals surface area contributed by atoms with E-state index in [4.69, 9.17) is 0 Å². The van der Waals surface area contributed by atoms with Gasteiger partial charge in [0.1, 0.15) is 0 Å². The molecule has 0 atom stereocenters. The van der Waals surface area contributed by atoms with Crippen LogP contribution in [0.5, 0.6) is 0 Å². The van der Waals surface area contributed by atoms with Crippen LogP contribution < -0.4 is 5.32 Å². The molecule has 1 spiro atoms. The van der Waals surface area contributed by atoms with E-state index in [0.29, 0.717) is 5.41 Å². The average molecular weight is 434 g/mol. The lowest BCUT2D eigenvalue weighted by Crippen LogP contribution is -2.55. The number of rotatable bonds is 3. The number of hydrogen-bond donors (Lipinski definition) is 1. The Morgan fingerprint density at radius 1 is 1.04 bits per heavy atom. The molecular weight excluding hydrogens is 399 g/mol. The van der Waals surface area contributed by atoms with Crippen LogP contribution in [0.4, 0.5) is 0 Å². The van der Waals surface area contributed by atoms with Gasteiger partial charge in [0.25, 0.3) is 0 Å². The molecule has 3 aliphatic rings. The van der Waals surface area contributed by atoms with E-state index in [2.05, 4.69) is 34.0 Å². The minimum Gasteiger partial charge on any atom is -0.354 e. The van der Waals surface area contributed by atoms with Crippen LogP contribution in [-0.4, -0.2) is 61.1 Å². The second-order valence-electron chi connectivity index (χ2n) is 8.29. The van der Waals surface area contributed by atoms with Crippen LogP contribution in [0, 0.1) is 5.41 Å². The third kappa shape index (κ3) is 4.33. The monoisotopic (exact) mass is 434 g/mol. The smallest absolute Gasteiger partial charge is 0.193 e. The molecule has 0 radical (unpaired) electrons. The molecule has 3 fully saturated rings. The van der Waals surface area contributed by atoms with Crippen molar-refractivity contribution < 1.29 is 0 Å². The van der Waals surface area contributed by atoms with Crippen LogP contribution in [0.1, 0.15) is 58.8 Å². The van der Waals surface area contributed by atoms with Gasteiger partial charge in [0.05, 0.1) is 0 Å². The predicted molar refractivity (Wildman–Crippen MR) is 109 cm³/mol. The van der Waals surface area contributed by atoms with E-state index in [1.165, 1.54) is 71.1 Å². The Bertz CT molecular complexity index is 411. The normalized spacial score (nSPS) is 25.2. The Morgan fingerprint density at radius 2 is 1.74 bits per heavy atom. The highest BCUT2D eigenvalue weighted by molar-refractivity contribution is 14.0. The van der Waals surface area contributed by atoms with Crippen molar-refractivity contribution in [1.82, 2.24) is 15.1 Å². The molecule has 23 heavy (non-hydrogen) atoms. The molecule has 0 aromatic carbocycles. The van der Waals surface area contributed by atoms with Crippen LogP contribution in [0.2, 0.25) is 0 Å². The van der Waals surface area contributed by atoms with Crippen molar-refractivity contribution in [3.63, 3.8) is 0 Å². The first kappa shape index (κ1) is 19.3. The fraction of sp³-hybridized carbons (Fsp3) is 0.944. The van der Waals surface area contributed by atoms with Crippen molar-refractivity contribution in [2.75, 3.05) is 39.8 Å². The number of halogens is 1. The second-order valence-corrected chi connectivity index (χ2v) is 8.29. The van der Waals surface area contributed by atoms with Crippen LogP contribution in [0.3, 0.4) is 0 Å². The van der Waals surface area contributed by atoms with E-state index in [-0.39, 0.29) is 29.5 Å². The first-order valence-electron chi connectivity index (χ1n) is 9.25. The largest absolute Gasteiger partial charge is 0.354 e. The zero-order valence-electron chi connectivity index (χ0n) is 15.2. The Labute approximate surface area is 159 Å². The molecule has 5 heteroatoms. The lowest BCUT2D eigenvalue weighted by Gasteiger charge is -2.42. The molecule has 2 heterocycles. The Kier molecular flexibility index (Phi) is 6.62. The lowest BCUT2D eigenvalue weighted by molar-refractivity contribution is 0.0974. The molecule has 3 rings (SSSR count). The number of aliphatic imine (C=N–C) groups is 1. The van der Waals surface area contributed by atoms with Gasteiger partial charge in [0, 0.05) is 32.2 Å². The number of hydrogen-bond acceptors (Lipinski definition) is 2. The highest BCUT2D eigenvalue weighted by atomic mass is 127. The molecule has 2 aliphatic heterocycles. The highest BCUT2D eigenvalue weighted by Gasteiger charge is 2.43. The lowest BCUT2D eigenvalue weighted by atomic mass is 9.68. The highest BCUT2D eigenvalue weighted by Crippen LogP contribution is 2.47. The van der Waals surface area contributed by atoms with Crippen LogP contribution in [-0.2, 0) is 0 Å². The fourth-order valence-electron chi connectivity index (χ4n) is 4.44. The van der Waals surface area contributed by atoms with E-state index in [0.717, 1.165) is 12.5 Å². The van der Waals surface area contributed by atoms with Crippen molar-refractivity contribution in [2.24, 2.45) is 10.4 Å². The van der Waals surface area contributed by atoms with Crippen molar-refractivity contribution in [3.05, 3.63) is 0 Å². The van der Waals surface area contributed by atoms with E-state index in [1.54, 1.807) is 0 Å². The first-order valence-corrected chi connectivity index (χ1v) is 9.25. The maximum atomic E-state index is 4.56. The molecule has 0 aromatic heterocycles. The maximum Gasteiger partial charge on any atom is 0.193 e. The summed E-state index contributed by atoms with van der Waals surface area (Å²) in [4.78, 5) is 9.69. The zero-order chi connectivity index (χ0) is 15.6. The summed E-state index contributed by atoms with van der Waals surface area (Å²) in [5.74, 6) is 1.12. The standard InChI is InChI=1S/C18H34N4.HI/c1-17(2,22-11-5-4-6-12-22)14-20-16(19-3)21-13-10-18(15-21)8-7-9-18;/h4-15H2,1-3H3,(H,19,20);1H. The summed E-state index contributed by atoms with van der Waals surface area (Å²) in [7, 11) is 1.93.